The summed E-state index contributed by atoms with van der Waals surface area (Å²) in [5.41, 5.74) is 3.42. The Morgan fingerprint density at radius 2 is 1.93 bits per heavy atom. The summed E-state index contributed by atoms with van der Waals surface area (Å²) in [6, 6.07) is 14.1. The Balaban J connectivity index is 1.28. The van der Waals surface area contributed by atoms with Gasteiger partial charge in [-0.3, -0.25) is 4.79 Å². The number of imidazole rings is 1. The fourth-order valence-corrected chi connectivity index (χ4v) is 3.67. The summed E-state index contributed by atoms with van der Waals surface area (Å²) in [4.78, 5) is 16.6. The SMILES string of the molecule is Cc1ccc(Cn2ccnc2SCC(=O)NCc2ccc3c(c2)OCO3)cc1. The summed E-state index contributed by atoms with van der Waals surface area (Å²) in [5.74, 6) is 1.74. The number of benzene rings is 2. The second kappa shape index (κ2) is 8.39. The minimum absolute atomic E-state index is 0.0347. The lowest BCUT2D eigenvalue weighted by Crippen LogP contribution is -2.24. The van der Waals surface area contributed by atoms with Crippen molar-refractivity contribution in [2.75, 3.05) is 12.5 Å². The number of amides is 1. The van der Waals surface area contributed by atoms with Crippen LogP contribution in [0.2, 0.25) is 0 Å². The summed E-state index contributed by atoms with van der Waals surface area (Å²) in [5, 5.41) is 3.77. The Morgan fingerprint density at radius 1 is 1.14 bits per heavy atom. The number of hydrogen-bond donors (Lipinski definition) is 1. The van der Waals surface area contributed by atoms with Crippen LogP contribution in [-0.4, -0.2) is 28.0 Å². The van der Waals surface area contributed by atoms with Gasteiger partial charge in [-0.05, 0) is 30.2 Å². The summed E-state index contributed by atoms with van der Waals surface area (Å²) in [7, 11) is 0. The van der Waals surface area contributed by atoms with E-state index in [0.29, 0.717) is 12.3 Å². The molecule has 2 heterocycles. The van der Waals surface area contributed by atoms with Gasteiger partial charge in [0.05, 0.1) is 5.75 Å². The molecule has 4 rings (SSSR count). The van der Waals surface area contributed by atoms with E-state index in [4.69, 9.17) is 9.47 Å². The number of aryl methyl sites for hydroxylation is 1. The molecule has 1 N–H and O–H groups in total. The Morgan fingerprint density at radius 3 is 2.79 bits per heavy atom. The van der Waals surface area contributed by atoms with Crippen molar-refractivity contribution in [2.45, 2.75) is 25.2 Å². The van der Waals surface area contributed by atoms with Gasteiger partial charge < -0.3 is 19.4 Å². The number of ether oxygens (including phenoxy) is 2. The third-order valence-electron chi connectivity index (χ3n) is 4.41. The maximum Gasteiger partial charge on any atom is 0.231 e. The molecule has 1 aliphatic rings. The summed E-state index contributed by atoms with van der Waals surface area (Å²) < 4.78 is 12.7. The second-order valence-electron chi connectivity index (χ2n) is 6.58. The Bertz CT molecular complexity index is 969. The molecule has 7 heteroatoms. The van der Waals surface area contributed by atoms with Crippen LogP contribution < -0.4 is 14.8 Å². The zero-order valence-electron chi connectivity index (χ0n) is 15.6. The number of carbonyl (C=O) groups is 1. The van der Waals surface area contributed by atoms with Crippen molar-refractivity contribution in [3.8, 4) is 11.5 Å². The monoisotopic (exact) mass is 395 g/mol. The molecule has 0 atom stereocenters. The van der Waals surface area contributed by atoms with Crippen molar-refractivity contribution >= 4 is 17.7 Å². The first-order valence-corrected chi connectivity index (χ1v) is 10.0. The van der Waals surface area contributed by atoms with E-state index in [2.05, 4.69) is 46.1 Å². The molecule has 1 aliphatic heterocycles. The Kier molecular flexibility index (Phi) is 5.53. The van der Waals surface area contributed by atoms with E-state index in [1.807, 2.05) is 24.4 Å². The van der Waals surface area contributed by atoms with Gasteiger partial charge in [0.2, 0.25) is 12.7 Å². The quantitative estimate of drug-likeness (QED) is 0.622. The molecule has 3 aromatic rings. The average molecular weight is 395 g/mol. The van der Waals surface area contributed by atoms with Gasteiger partial charge in [0.15, 0.2) is 16.7 Å². The third kappa shape index (κ3) is 4.48. The highest BCUT2D eigenvalue weighted by Gasteiger charge is 2.14. The van der Waals surface area contributed by atoms with Crippen molar-refractivity contribution in [1.82, 2.24) is 14.9 Å². The molecule has 0 saturated heterocycles. The minimum atomic E-state index is -0.0347. The van der Waals surface area contributed by atoms with E-state index in [1.165, 1.54) is 22.9 Å². The number of thioether (sulfide) groups is 1. The molecule has 0 spiro atoms. The third-order valence-corrected chi connectivity index (χ3v) is 5.41. The van der Waals surface area contributed by atoms with Gasteiger partial charge in [-0.2, -0.15) is 0 Å². The molecule has 1 aromatic heterocycles. The van der Waals surface area contributed by atoms with E-state index in [1.54, 1.807) is 6.20 Å². The van der Waals surface area contributed by atoms with Crippen molar-refractivity contribution in [2.24, 2.45) is 0 Å². The first kappa shape index (κ1) is 18.4. The molecular formula is C21H21N3O3S. The average Bonchev–Trinajstić information content (AvgIpc) is 3.35. The van der Waals surface area contributed by atoms with E-state index in [-0.39, 0.29) is 12.7 Å². The van der Waals surface area contributed by atoms with Crippen LogP contribution in [0.4, 0.5) is 0 Å². The molecule has 0 saturated carbocycles. The number of aromatic nitrogens is 2. The number of rotatable bonds is 7. The van der Waals surface area contributed by atoms with Crippen LogP contribution in [0.25, 0.3) is 0 Å². The van der Waals surface area contributed by atoms with Crippen LogP contribution >= 0.6 is 11.8 Å². The second-order valence-corrected chi connectivity index (χ2v) is 7.52. The highest BCUT2D eigenvalue weighted by Crippen LogP contribution is 2.32. The standard InChI is InChI=1S/C21H21N3O3S/c1-15-2-4-16(5-3-15)12-24-9-8-22-21(24)28-13-20(25)23-11-17-6-7-18-19(10-17)27-14-26-18/h2-10H,11-14H2,1H3,(H,23,25). The van der Waals surface area contributed by atoms with Crippen molar-refractivity contribution in [1.29, 1.82) is 0 Å². The van der Waals surface area contributed by atoms with Crippen LogP contribution in [-0.2, 0) is 17.9 Å². The van der Waals surface area contributed by atoms with Crippen LogP contribution in [0.1, 0.15) is 16.7 Å². The predicted molar refractivity (Wildman–Crippen MR) is 108 cm³/mol. The molecule has 1 amide bonds. The number of hydrogen-bond acceptors (Lipinski definition) is 5. The molecule has 2 aromatic carbocycles. The van der Waals surface area contributed by atoms with Gasteiger partial charge in [0.25, 0.3) is 0 Å². The van der Waals surface area contributed by atoms with Crippen molar-refractivity contribution in [3.05, 3.63) is 71.5 Å². The highest BCUT2D eigenvalue weighted by molar-refractivity contribution is 7.99. The van der Waals surface area contributed by atoms with Gasteiger partial charge >= 0.3 is 0 Å². The highest BCUT2D eigenvalue weighted by atomic mass is 32.2. The molecule has 144 valence electrons. The van der Waals surface area contributed by atoms with Gasteiger partial charge in [0, 0.05) is 25.5 Å². The zero-order chi connectivity index (χ0) is 19.3. The molecule has 0 radical (unpaired) electrons. The van der Waals surface area contributed by atoms with E-state index < -0.39 is 0 Å². The summed E-state index contributed by atoms with van der Waals surface area (Å²) >= 11 is 1.43. The van der Waals surface area contributed by atoms with Crippen LogP contribution in [0.15, 0.2) is 60.0 Å². The van der Waals surface area contributed by atoms with E-state index in [9.17, 15) is 4.79 Å². The normalized spacial score (nSPS) is 12.2. The van der Waals surface area contributed by atoms with Gasteiger partial charge in [-0.15, -0.1) is 0 Å². The maximum absolute atomic E-state index is 12.2. The first-order chi connectivity index (χ1) is 13.7. The largest absolute Gasteiger partial charge is 0.454 e. The molecule has 0 bridgehead atoms. The van der Waals surface area contributed by atoms with E-state index >= 15 is 0 Å². The Hall–Kier alpha value is -2.93. The lowest BCUT2D eigenvalue weighted by atomic mass is 10.1. The lowest BCUT2D eigenvalue weighted by molar-refractivity contribution is -0.118. The zero-order valence-corrected chi connectivity index (χ0v) is 16.4. The van der Waals surface area contributed by atoms with Crippen molar-refractivity contribution < 1.29 is 14.3 Å². The smallest absolute Gasteiger partial charge is 0.231 e. The maximum atomic E-state index is 12.2. The number of carbonyl (C=O) groups excluding carboxylic acids is 1. The van der Waals surface area contributed by atoms with E-state index in [0.717, 1.165) is 28.8 Å². The lowest BCUT2D eigenvalue weighted by Gasteiger charge is -2.09. The van der Waals surface area contributed by atoms with Gasteiger partial charge in [0.1, 0.15) is 0 Å². The first-order valence-electron chi connectivity index (χ1n) is 9.02. The summed E-state index contributed by atoms with van der Waals surface area (Å²) in [6.45, 7) is 3.51. The van der Waals surface area contributed by atoms with Crippen LogP contribution in [0.3, 0.4) is 0 Å². The van der Waals surface area contributed by atoms with Gasteiger partial charge in [-0.25, -0.2) is 4.98 Å². The number of nitrogens with one attached hydrogen (secondary N) is 1. The Labute approximate surface area is 167 Å². The minimum Gasteiger partial charge on any atom is -0.454 e. The molecule has 0 aliphatic carbocycles. The predicted octanol–water partition coefficient (Wildman–Crippen LogP) is 3.38. The molecule has 6 nitrogen and oxygen atoms in total. The molecule has 28 heavy (non-hydrogen) atoms. The molecular weight excluding hydrogens is 374 g/mol. The molecule has 0 unspecified atom stereocenters. The van der Waals surface area contributed by atoms with Crippen molar-refractivity contribution in [3.63, 3.8) is 0 Å². The fraction of sp³-hybridized carbons (Fsp3) is 0.238. The summed E-state index contributed by atoms with van der Waals surface area (Å²) in [6.07, 6.45) is 3.70. The molecule has 0 fully saturated rings. The van der Waals surface area contributed by atoms with Crippen LogP contribution in [0.5, 0.6) is 11.5 Å². The van der Waals surface area contributed by atoms with Gasteiger partial charge in [-0.1, -0.05) is 47.7 Å². The fourth-order valence-electron chi connectivity index (χ4n) is 2.88. The number of fused-ring (bicyclic) bond motifs is 1. The number of nitrogens with zero attached hydrogens (tertiary/aromatic N) is 2. The van der Waals surface area contributed by atoms with Crippen LogP contribution in [0, 0.1) is 6.92 Å². The topological polar surface area (TPSA) is 65.4 Å².